The van der Waals surface area contributed by atoms with Crippen LogP contribution < -0.4 is 5.32 Å². The van der Waals surface area contributed by atoms with Gasteiger partial charge in [0.05, 0.1) is 5.69 Å². The van der Waals surface area contributed by atoms with E-state index in [2.05, 4.69) is 17.3 Å². The van der Waals surface area contributed by atoms with E-state index < -0.39 is 5.97 Å². The van der Waals surface area contributed by atoms with Crippen molar-refractivity contribution in [1.82, 2.24) is 15.1 Å². The fraction of sp³-hybridized carbons (Fsp3) is 0.227. The molecule has 1 aromatic heterocycles. The summed E-state index contributed by atoms with van der Waals surface area (Å²) in [5, 5.41) is 7.08. The van der Waals surface area contributed by atoms with Gasteiger partial charge in [-0.1, -0.05) is 49.4 Å². The fourth-order valence-electron chi connectivity index (χ4n) is 2.86. The fourth-order valence-corrected chi connectivity index (χ4v) is 2.86. The van der Waals surface area contributed by atoms with Gasteiger partial charge in [-0.2, -0.15) is 5.10 Å². The van der Waals surface area contributed by atoms with Gasteiger partial charge >= 0.3 is 5.97 Å². The van der Waals surface area contributed by atoms with Crippen LogP contribution in [0.2, 0.25) is 0 Å². The van der Waals surface area contributed by atoms with Crippen molar-refractivity contribution in [2.75, 3.05) is 13.7 Å². The van der Waals surface area contributed by atoms with Crippen molar-refractivity contribution < 1.29 is 14.3 Å². The number of esters is 1. The highest BCUT2D eigenvalue weighted by Gasteiger charge is 2.21. The SMILES string of the molecule is CCc1ccc(-c2nn(-c3ccccc3C)cc2C(=O)OCC(=O)NC)cc1. The number of ether oxygens (including phenoxy) is 1. The van der Waals surface area contributed by atoms with Crippen LogP contribution in [0.5, 0.6) is 0 Å². The summed E-state index contributed by atoms with van der Waals surface area (Å²) in [6, 6.07) is 15.7. The van der Waals surface area contributed by atoms with Crippen molar-refractivity contribution >= 4 is 11.9 Å². The normalized spacial score (nSPS) is 10.5. The monoisotopic (exact) mass is 377 g/mol. The van der Waals surface area contributed by atoms with Crippen molar-refractivity contribution in [3.63, 3.8) is 0 Å². The molecule has 28 heavy (non-hydrogen) atoms. The van der Waals surface area contributed by atoms with Gasteiger partial charge in [0, 0.05) is 18.8 Å². The van der Waals surface area contributed by atoms with Crippen molar-refractivity contribution in [3.05, 3.63) is 71.4 Å². The average molecular weight is 377 g/mol. The maximum Gasteiger partial charge on any atom is 0.342 e. The number of hydrogen-bond acceptors (Lipinski definition) is 4. The minimum Gasteiger partial charge on any atom is -0.452 e. The first kappa shape index (κ1) is 19.4. The zero-order valence-electron chi connectivity index (χ0n) is 16.2. The van der Waals surface area contributed by atoms with Crippen LogP contribution in [0, 0.1) is 6.92 Å². The van der Waals surface area contributed by atoms with Gasteiger partial charge in [-0.05, 0) is 30.5 Å². The largest absolute Gasteiger partial charge is 0.452 e. The standard InChI is InChI=1S/C22H23N3O3/c1-4-16-9-11-17(12-10-16)21-18(22(27)28-14-20(26)23-3)13-25(24-21)19-8-6-5-7-15(19)2/h5-13H,4,14H2,1-3H3,(H,23,26). The summed E-state index contributed by atoms with van der Waals surface area (Å²) in [5.74, 6) is -0.952. The average Bonchev–Trinajstić information content (AvgIpc) is 3.17. The number of nitrogens with one attached hydrogen (secondary N) is 1. The highest BCUT2D eigenvalue weighted by Crippen LogP contribution is 2.26. The molecule has 0 aliphatic carbocycles. The van der Waals surface area contributed by atoms with Gasteiger partial charge in [-0.15, -0.1) is 0 Å². The Morgan fingerprint density at radius 3 is 2.46 bits per heavy atom. The first-order chi connectivity index (χ1) is 13.5. The van der Waals surface area contributed by atoms with E-state index in [0.717, 1.165) is 23.2 Å². The predicted molar refractivity (Wildman–Crippen MR) is 107 cm³/mol. The summed E-state index contributed by atoms with van der Waals surface area (Å²) in [4.78, 5) is 24.1. The van der Waals surface area contributed by atoms with Crippen LogP contribution in [0.4, 0.5) is 0 Å². The van der Waals surface area contributed by atoms with Gasteiger partial charge in [-0.3, -0.25) is 4.79 Å². The van der Waals surface area contributed by atoms with Gasteiger partial charge in [-0.25, -0.2) is 9.48 Å². The quantitative estimate of drug-likeness (QED) is 0.669. The minimum atomic E-state index is -0.585. The number of para-hydroxylation sites is 1. The molecule has 6 heteroatoms. The highest BCUT2D eigenvalue weighted by atomic mass is 16.5. The molecule has 0 bridgehead atoms. The molecule has 1 N–H and O–H groups in total. The Balaban J connectivity index is 2.03. The molecule has 0 saturated heterocycles. The Hall–Kier alpha value is -3.41. The molecule has 144 valence electrons. The third kappa shape index (κ3) is 4.11. The Kier molecular flexibility index (Phi) is 5.89. The topological polar surface area (TPSA) is 73.2 Å². The first-order valence-electron chi connectivity index (χ1n) is 9.16. The molecule has 0 aliphatic heterocycles. The molecule has 0 saturated carbocycles. The molecule has 0 unspecified atom stereocenters. The number of amides is 1. The maximum atomic E-state index is 12.7. The van der Waals surface area contributed by atoms with E-state index in [1.807, 2.05) is 55.5 Å². The Morgan fingerprint density at radius 2 is 1.82 bits per heavy atom. The van der Waals surface area contributed by atoms with E-state index in [-0.39, 0.29) is 12.5 Å². The molecule has 0 radical (unpaired) electrons. The smallest absolute Gasteiger partial charge is 0.342 e. The lowest BCUT2D eigenvalue weighted by atomic mass is 10.1. The number of aryl methyl sites for hydroxylation is 2. The molecule has 0 spiro atoms. The van der Waals surface area contributed by atoms with Crippen LogP contribution in [0.3, 0.4) is 0 Å². The van der Waals surface area contributed by atoms with Crippen molar-refractivity contribution in [3.8, 4) is 16.9 Å². The first-order valence-corrected chi connectivity index (χ1v) is 9.16. The molecular weight excluding hydrogens is 354 g/mol. The number of benzene rings is 2. The predicted octanol–water partition coefficient (Wildman–Crippen LogP) is 3.31. The van der Waals surface area contributed by atoms with Crippen molar-refractivity contribution in [1.29, 1.82) is 0 Å². The molecule has 6 nitrogen and oxygen atoms in total. The Bertz CT molecular complexity index is 991. The molecule has 3 aromatic rings. The van der Waals surface area contributed by atoms with Crippen LogP contribution in [0.1, 0.15) is 28.4 Å². The number of likely N-dealkylation sites (N-methyl/N-ethyl adjacent to an activating group) is 1. The molecular formula is C22H23N3O3. The number of rotatable bonds is 6. The van der Waals surface area contributed by atoms with Crippen LogP contribution in [0.25, 0.3) is 16.9 Å². The van der Waals surface area contributed by atoms with Crippen molar-refractivity contribution in [2.24, 2.45) is 0 Å². The maximum absolute atomic E-state index is 12.7. The second kappa shape index (κ2) is 8.52. The second-order valence-electron chi connectivity index (χ2n) is 6.42. The van der Waals surface area contributed by atoms with E-state index in [1.54, 1.807) is 10.9 Å². The summed E-state index contributed by atoms with van der Waals surface area (Å²) >= 11 is 0. The summed E-state index contributed by atoms with van der Waals surface area (Å²) in [6.07, 6.45) is 2.58. The number of carbonyl (C=O) groups excluding carboxylic acids is 2. The van der Waals surface area contributed by atoms with E-state index in [4.69, 9.17) is 4.74 Å². The molecule has 3 rings (SSSR count). The number of aromatic nitrogens is 2. The van der Waals surface area contributed by atoms with Crippen LogP contribution in [-0.2, 0) is 16.0 Å². The Morgan fingerprint density at radius 1 is 1.11 bits per heavy atom. The lowest BCUT2D eigenvalue weighted by Gasteiger charge is -2.05. The lowest BCUT2D eigenvalue weighted by Crippen LogP contribution is -2.25. The number of carbonyl (C=O) groups is 2. The minimum absolute atomic E-state index is 0.316. The van der Waals surface area contributed by atoms with Gasteiger partial charge in [0.1, 0.15) is 11.3 Å². The van der Waals surface area contributed by atoms with Gasteiger partial charge in [0.25, 0.3) is 5.91 Å². The summed E-state index contributed by atoms with van der Waals surface area (Å²) in [7, 11) is 1.49. The van der Waals surface area contributed by atoms with Crippen LogP contribution in [-0.4, -0.2) is 35.3 Å². The van der Waals surface area contributed by atoms with Crippen LogP contribution >= 0.6 is 0 Å². The van der Waals surface area contributed by atoms with Gasteiger partial charge in [0.2, 0.25) is 0 Å². The highest BCUT2D eigenvalue weighted by molar-refractivity contribution is 5.97. The lowest BCUT2D eigenvalue weighted by molar-refractivity contribution is -0.123. The van der Waals surface area contributed by atoms with Gasteiger partial charge < -0.3 is 10.1 Å². The third-order valence-electron chi connectivity index (χ3n) is 4.55. The molecule has 2 aromatic carbocycles. The number of nitrogens with zero attached hydrogens (tertiary/aromatic N) is 2. The van der Waals surface area contributed by atoms with Crippen molar-refractivity contribution in [2.45, 2.75) is 20.3 Å². The molecule has 0 atom stereocenters. The summed E-state index contributed by atoms with van der Waals surface area (Å²) in [5.41, 5.74) is 4.76. The zero-order chi connectivity index (χ0) is 20.1. The summed E-state index contributed by atoms with van der Waals surface area (Å²) in [6.45, 7) is 3.74. The molecule has 0 aliphatic rings. The molecule has 1 heterocycles. The molecule has 0 fully saturated rings. The number of hydrogen-bond donors (Lipinski definition) is 1. The third-order valence-corrected chi connectivity index (χ3v) is 4.55. The second-order valence-corrected chi connectivity index (χ2v) is 6.42. The molecule has 1 amide bonds. The Labute approximate surface area is 164 Å². The van der Waals surface area contributed by atoms with E-state index in [9.17, 15) is 9.59 Å². The van der Waals surface area contributed by atoms with E-state index in [1.165, 1.54) is 12.6 Å². The van der Waals surface area contributed by atoms with Crippen LogP contribution in [0.15, 0.2) is 54.7 Å². The van der Waals surface area contributed by atoms with E-state index >= 15 is 0 Å². The zero-order valence-corrected chi connectivity index (χ0v) is 16.2. The van der Waals surface area contributed by atoms with Gasteiger partial charge in [0.15, 0.2) is 6.61 Å². The summed E-state index contributed by atoms with van der Waals surface area (Å²) < 4.78 is 6.84. The van der Waals surface area contributed by atoms with E-state index in [0.29, 0.717) is 11.3 Å².